The van der Waals surface area contributed by atoms with E-state index in [1.54, 1.807) is 32.3 Å². The van der Waals surface area contributed by atoms with E-state index in [-0.39, 0.29) is 18.2 Å². The molecule has 0 saturated heterocycles. The molecule has 0 aliphatic rings. The molecule has 0 spiro atoms. The van der Waals surface area contributed by atoms with Crippen LogP contribution < -0.4 is 0 Å². The number of rotatable bonds is 5. The molecule has 80 valence electrons. The molecule has 1 rings (SSSR count). The first-order valence-electron chi connectivity index (χ1n) is 4.64. The molecule has 5 heteroatoms. The van der Waals surface area contributed by atoms with E-state index in [2.05, 4.69) is 10.3 Å². The molecule has 1 atom stereocenters. The number of nitrogens with zero attached hydrogens (tertiary/aromatic N) is 3. The van der Waals surface area contributed by atoms with Gasteiger partial charge in [-0.25, -0.2) is 0 Å². The summed E-state index contributed by atoms with van der Waals surface area (Å²) in [6.07, 6.45) is 3.39. The summed E-state index contributed by atoms with van der Waals surface area (Å²) in [6, 6.07) is 3.21. The van der Waals surface area contributed by atoms with Crippen molar-refractivity contribution in [3.05, 3.63) is 35.0 Å². The maximum atomic E-state index is 11.7. The molecule has 0 N–H and O–H groups in total. The molecule has 0 aliphatic carbocycles. The lowest BCUT2D eigenvalue weighted by atomic mass is 10.1. The van der Waals surface area contributed by atoms with Gasteiger partial charge in [0.25, 0.3) is 0 Å². The fourth-order valence-electron chi connectivity index (χ4n) is 1.13. The topological polar surface area (TPSA) is 62.6 Å². The molecule has 1 aromatic rings. The van der Waals surface area contributed by atoms with Gasteiger partial charge in [0.05, 0.1) is 11.3 Å². The van der Waals surface area contributed by atoms with E-state index in [0.29, 0.717) is 5.56 Å². The van der Waals surface area contributed by atoms with Gasteiger partial charge in [0, 0.05) is 31.4 Å². The quantitative estimate of drug-likeness (QED) is 0.418. The van der Waals surface area contributed by atoms with Crippen LogP contribution in [0.15, 0.2) is 29.8 Å². The number of nitroso groups, excluding NO2 is 1. The summed E-state index contributed by atoms with van der Waals surface area (Å²) in [5.74, 6) is -0.0360. The third-order valence-corrected chi connectivity index (χ3v) is 2.23. The van der Waals surface area contributed by atoms with Crippen LogP contribution in [0, 0.1) is 4.91 Å². The zero-order chi connectivity index (χ0) is 11.3. The Bertz CT molecular complexity index is 340. The Balaban J connectivity index is 2.60. The van der Waals surface area contributed by atoms with Gasteiger partial charge in [-0.2, -0.15) is 0 Å². The van der Waals surface area contributed by atoms with Crippen LogP contribution in [0.4, 0.5) is 0 Å². The SMILES string of the molecule is CC(CC(=O)c1cccnc1)N(C)N=O. The van der Waals surface area contributed by atoms with Crippen molar-refractivity contribution < 1.29 is 4.79 Å². The minimum Gasteiger partial charge on any atom is -0.294 e. The van der Waals surface area contributed by atoms with E-state index < -0.39 is 0 Å². The molecule has 0 amide bonds. The molecular formula is C10H13N3O2. The lowest BCUT2D eigenvalue weighted by molar-refractivity contribution is 0.0942. The maximum Gasteiger partial charge on any atom is 0.166 e. The lowest BCUT2D eigenvalue weighted by Crippen LogP contribution is -2.26. The third-order valence-electron chi connectivity index (χ3n) is 2.23. The Morgan fingerprint density at radius 1 is 1.67 bits per heavy atom. The van der Waals surface area contributed by atoms with E-state index in [4.69, 9.17) is 0 Å². The van der Waals surface area contributed by atoms with Crippen molar-refractivity contribution in [2.24, 2.45) is 5.29 Å². The fraction of sp³-hybridized carbons (Fsp3) is 0.400. The van der Waals surface area contributed by atoms with Crippen molar-refractivity contribution in [1.82, 2.24) is 9.99 Å². The first kappa shape index (κ1) is 11.3. The molecule has 0 aromatic carbocycles. The monoisotopic (exact) mass is 207 g/mol. The first-order chi connectivity index (χ1) is 7.15. The minimum atomic E-state index is -0.199. The van der Waals surface area contributed by atoms with Crippen molar-refractivity contribution in [2.75, 3.05) is 7.05 Å². The molecular weight excluding hydrogens is 194 g/mol. The second kappa shape index (κ2) is 5.19. The summed E-state index contributed by atoms with van der Waals surface area (Å²) in [5.41, 5.74) is 0.559. The van der Waals surface area contributed by atoms with Gasteiger partial charge in [0.15, 0.2) is 5.78 Å². The number of hydrogen-bond acceptors (Lipinski definition) is 4. The van der Waals surface area contributed by atoms with Gasteiger partial charge < -0.3 is 0 Å². The zero-order valence-corrected chi connectivity index (χ0v) is 8.75. The minimum absolute atomic E-state index is 0.0360. The predicted octanol–water partition coefficient (Wildman–Crippen LogP) is 1.66. The molecule has 1 aromatic heterocycles. The average molecular weight is 207 g/mol. The van der Waals surface area contributed by atoms with Crippen LogP contribution in [0.5, 0.6) is 0 Å². The van der Waals surface area contributed by atoms with E-state index in [9.17, 15) is 9.70 Å². The molecule has 0 saturated carbocycles. The number of ketones is 1. The summed E-state index contributed by atoms with van der Waals surface area (Å²) in [7, 11) is 1.55. The van der Waals surface area contributed by atoms with Crippen LogP contribution in [-0.2, 0) is 0 Å². The molecule has 1 heterocycles. The maximum absolute atomic E-state index is 11.7. The summed E-state index contributed by atoms with van der Waals surface area (Å²) in [6.45, 7) is 1.77. The Kier molecular flexibility index (Phi) is 3.91. The number of Topliss-reactive ketones (excluding diaryl/α,β-unsaturated/α-hetero) is 1. The van der Waals surface area contributed by atoms with E-state index in [1.165, 1.54) is 11.2 Å². The number of hydrogen-bond donors (Lipinski definition) is 0. The van der Waals surface area contributed by atoms with Crippen LogP contribution in [0.3, 0.4) is 0 Å². The normalized spacial score (nSPS) is 11.9. The highest BCUT2D eigenvalue weighted by atomic mass is 16.3. The van der Waals surface area contributed by atoms with Gasteiger partial charge in [-0.15, -0.1) is 4.91 Å². The van der Waals surface area contributed by atoms with Crippen molar-refractivity contribution in [3.8, 4) is 0 Å². The standard InChI is InChI=1S/C10H13N3O2/c1-8(13(2)12-15)6-10(14)9-4-3-5-11-7-9/h3-5,7-8H,6H2,1-2H3. The second-order valence-corrected chi connectivity index (χ2v) is 3.37. The smallest absolute Gasteiger partial charge is 0.166 e. The van der Waals surface area contributed by atoms with E-state index in [1.807, 2.05) is 0 Å². The summed E-state index contributed by atoms with van der Waals surface area (Å²) in [5, 5.41) is 3.98. The zero-order valence-electron chi connectivity index (χ0n) is 8.75. The van der Waals surface area contributed by atoms with Gasteiger partial charge in [-0.05, 0) is 19.1 Å². The van der Waals surface area contributed by atoms with Crippen LogP contribution in [-0.4, -0.2) is 28.9 Å². The van der Waals surface area contributed by atoms with Gasteiger partial charge in [-0.1, -0.05) is 0 Å². The lowest BCUT2D eigenvalue weighted by Gasteiger charge is -2.16. The molecule has 5 nitrogen and oxygen atoms in total. The van der Waals surface area contributed by atoms with Gasteiger partial charge in [-0.3, -0.25) is 14.8 Å². The number of aromatic nitrogens is 1. The van der Waals surface area contributed by atoms with Crippen LogP contribution in [0.2, 0.25) is 0 Å². The predicted molar refractivity (Wildman–Crippen MR) is 56.2 cm³/mol. The van der Waals surface area contributed by atoms with Crippen molar-refractivity contribution in [3.63, 3.8) is 0 Å². The Morgan fingerprint density at radius 2 is 2.40 bits per heavy atom. The van der Waals surface area contributed by atoms with Crippen molar-refractivity contribution in [1.29, 1.82) is 0 Å². The first-order valence-corrected chi connectivity index (χ1v) is 4.64. The van der Waals surface area contributed by atoms with Crippen LogP contribution >= 0.6 is 0 Å². The second-order valence-electron chi connectivity index (χ2n) is 3.37. The number of carbonyl (C=O) groups is 1. The molecule has 0 aliphatic heterocycles. The highest BCUT2D eigenvalue weighted by Gasteiger charge is 2.14. The van der Waals surface area contributed by atoms with Crippen molar-refractivity contribution in [2.45, 2.75) is 19.4 Å². The highest BCUT2D eigenvalue weighted by Crippen LogP contribution is 2.07. The Hall–Kier alpha value is -1.78. The number of pyridine rings is 1. The third kappa shape index (κ3) is 3.12. The molecule has 0 fully saturated rings. The fourth-order valence-corrected chi connectivity index (χ4v) is 1.13. The molecule has 1 unspecified atom stereocenters. The summed E-state index contributed by atoms with van der Waals surface area (Å²) < 4.78 is 0. The van der Waals surface area contributed by atoms with Gasteiger partial charge in [0.1, 0.15) is 0 Å². The summed E-state index contributed by atoms with van der Waals surface area (Å²) in [4.78, 5) is 25.7. The van der Waals surface area contributed by atoms with Crippen LogP contribution in [0.1, 0.15) is 23.7 Å². The largest absolute Gasteiger partial charge is 0.294 e. The molecule has 0 bridgehead atoms. The molecule has 0 radical (unpaired) electrons. The highest BCUT2D eigenvalue weighted by molar-refractivity contribution is 5.96. The Morgan fingerprint density at radius 3 is 2.93 bits per heavy atom. The van der Waals surface area contributed by atoms with Gasteiger partial charge in [0.2, 0.25) is 0 Å². The van der Waals surface area contributed by atoms with Crippen LogP contribution in [0.25, 0.3) is 0 Å². The molecule has 15 heavy (non-hydrogen) atoms. The van der Waals surface area contributed by atoms with Gasteiger partial charge >= 0.3 is 0 Å². The van der Waals surface area contributed by atoms with E-state index in [0.717, 1.165) is 0 Å². The average Bonchev–Trinajstić information content (AvgIpc) is 2.29. The van der Waals surface area contributed by atoms with E-state index >= 15 is 0 Å². The Labute approximate surface area is 88.1 Å². The van der Waals surface area contributed by atoms with Crippen molar-refractivity contribution >= 4 is 5.78 Å². The summed E-state index contributed by atoms with van der Waals surface area (Å²) >= 11 is 0. The number of carbonyl (C=O) groups excluding carboxylic acids is 1.